The molecule has 2 heterocycles. The second-order valence-corrected chi connectivity index (χ2v) is 11.6. The monoisotopic (exact) mass is 458 g/mol. The molecule has 2 aliphatic rings. The molecule has 184 valence electrons. The predicted octanol–water partition coefficient (Wildman–Crippen LogP) is 5.02. The minimum Gasteiger partial charge on any atom is -0.494 e. The molecule has 0 amide bonds. The fourth-order valence-corrected chi connectivity index (χ4v) is 4.03. The highest BCUT2D eigenvalue weighted by atomic mass is 16.7. The van der Waals surface area contributed by atoms with E-state index in [4.69, 9.17) is 23.4 Å². The minimum atomic E-state index is -0.464. The van der Waals surface area contributed by atoms with Crippen LogP contribution in [0.4, 0.5) is 0 Å². The van der Waals surface area contributed by atoms with Crippen LogP contribution in [0.5, 0.6) is 5.75 Å². The van der Waals surface area contributed by atoms with Gasteiger partial charge in [-0.1, -0.05) is 45.1 Å². The van der Waals surface area contributed by atoms with Crippen LogP contribution in [0.25, 0.3) is 0 Å². The van der Waals surface area contributed by atoms with Gasteiger partial charge >= 0.3 is 14.2 Å². The van der Waals surface area contributed by atoms with E-state index in [2.05, 4.69) is 68.4 Å². The summed E-state index contributed by atoms with van der Waals surface area (Å²) in [6.45, 7) is 19.5. The van der Waals surface area contributed by atoms with Crippen molar-refractivity contribution >= 4 is 25.2 Å². The van der Waals surface area contributed by atoms with E-state index >= 15 is 0 Å². The molecule has 2 aliphatic heterocycles. The molecule has 0 spiro atoms. The van der Waals surface area contributed by atoms with Gasteiger partial charge in [-0.15, -0.1) is 0 Å². The molecule has 0 bridgehead atoms. The molecule has 0 aliphatic carbocycles. The molecule has 1 aromatic carbocycles. The molecule has 2 saturated heterocycles. The summed E-state index contributed by atoms with van der Waals surface area (Å²) in [4.78, 5) is 0. The Kier molecular flexibility index (Phi) is 8.00. The Hall–Kier alpha value is -1.01. The van der Waals surface area contributed by atoms with E-state index in [1.165, 1.54) is 32.1 Å². The van der Waals surface area contributed by atoms with Crippen LogP contribution in [0.15, 0.2) is 18.2 Å². The molecule has 0 N–H and O–H groups in total. The molecule has 1 aromatic rings. The zero-order valence-corrected chi connectivity index (χ0v) is 22.4. The summed E-state index contributed by atoms with van der Waals surface area (Å²) in [7, 11) is -0.928. The molecule has 33 heavy (non-hydrogen) atoms. The van der Waals surface area contributed by atoms with Crippen molar-refractivity contribution in [2.24, 2.45) is 0 Å². The number of hydrogen-bond acceptors (Lipinski definition) is 5. The van der Waals surface area contributed by atoms with E-state index in [9.17, 15) is 0 Å². The zero-order valence-electron chi connectivity index (χ0n) is 22.4. The van der Waals surface area contributed by atoms with Crippen molar-refractivity contribution in [3.05, 3.63) is 18.2 Å². The second-order valence-electron chi connectivity index (χ2n) is 11.6. The third-order valence-electron chi connectivity index (χ3n) is 7.77. The lowest BCUT2D eigenvalue weighted by Gasteiger charge is -2.32. The molecule has 0 unspecified atom stereocenters. The Morgan fingerprint density at radius 3 is 1.42 bits per heavy atom. The van der Waals surface area contributed by atoms with E-state index in [1.807, 2.05) is 12.1 Å². The smallest absolute Gasteiger partial charge is 0.494 e. The second kappa shape index (κ2) is 9.93. The van der Waals surface area contributed by atoms with E-state index in [0.29, 0.717) is 6.61 Å². The van der Waals surface area contributed by atoms with Gasteiger partial charge in [-0.25, -0.2) is 0 Å². The van der Waals surface area contributed by atoms with Crippen LogP contribution in [0.2, 0.25) is 0 Å². The Balaban J connectivity index is 1.78. The van der Waals surface area contributed by atoms with Crippen molar-refractivity contribution in [2.75, 3.05) is 6.61 Å². The Morgan fingerprint density at radius 1 is 0.606 bits per heavy atom. The summed E-state index contributed by atoms with van der Waals surface area (Å²) in [6.07, 6.45) is 7.40. The average Bonchev–Trinajstić information content (AvgIpc) is 3.07. The van der Waals surface area contributed by atoms with E-state index < -0.39 is 36.6 Å². The first-order valence-electron chi connectivity index (χ1n) is 12.8. The van der Waals surface area contributed by atoms with Crippen molar-refractivity contribution < 1.29 is 23.4 Å². The van der Waals surface area contributed by atoms with Crippen LogP contribution in [0, 0.1) is 0 Å². The van der Waals surface area contributed by atoms with Crippen molar-refractivity contribution in [1.82, 2.24) is 0 Å². The van der Waals surface area contributed by atoms with Gasteiger partial charge in [0.1, 0.15) is 5.75 Å². The molecule has 0 atom stereocenters. The molecule has 0 saturated carbocycles. The van der Waals surface area contributed by atoms with Crippen molar-refractivity contribution in [2.45, 2.75) is 123 Å². The number of ether oxygens (including phenoxy) is 1. The number of rotatable bonds is 10. The SMILES string of the molecule is CCCCCCCCOc1cc(B2OC(C)(C)C(C)(C)O2)cc(B2OC(C)(C)C(C)(C)O2)c1. The summed E-state index contributed by atoms with van der Waals surface area (Å²) in [5, 5.41) is 0. The molecule has 2 fully saturated rings. The van der Waals surface area contributed by atoms with Crippen molar-refractivity contribution in [3.8, 4) is 5.75 Å². The normalized spacial score (nSPS) is 22.7. The Morgan fingerprint density at radius 2 is 1.00 bits per heavy atom. The highest BCUT2D eigenvalue weighted by molar-refractivity contribution is 6.66. The molecule has 0 aromatic heterocycles. The van der Waals surface area contributed by atoms with Gasteiger partial charge in [0.2, 0.25) is 0 Å². The van der Waals surface area contributed by atoms with Crippen LogP contribution in [-0.4, -0.2) is 43.2 Å². The van der Waals surface area contributed by atoms with Gasteiger partial charge in [0.05, 0.1) is 29.0 Å². The maximum atomic E-state index is 6.33. The molecule has 0 radical (unpaired) electrons. The highest BCUT2D eigenvalue weighted by Crippen LogP contribution is 2.38. The lowest BCUT2D eigenvalue weighted by atomic mass is 9.71. The fourth-order valence-electron chi connectivity index (χ4n) is 4.03. The summed E-state index contributed by atoms with van der Waals surface area (Å²) >= 11 is 0. The number of benzene rings is 1. The molecular weight excluding hydrogens is 414 g/mol. The maximum absolute atomic E-state index is 6.33. The Labute approximate surface area is 202 Å². The largest absolute Gasteiger partial charge is 0.494 e. The minimum absolute atomic E-state index is 0.405. The van der Waals surface area contributed by atoms with Crippen molar-refractivity contribution in [3.63, 3.8) is 0 Å². The standard InChI is InChI=1S/C26H44B2O5/c1-10-11-12-13-14-15-16-29-22-18-20(27-30-23(2,3)24(4,5)31-27)17-21(19-22)28-32-25(6,7)26(8,9)33-28/h17-19H,10-16H2,1-9H3. The third-order valence-corrected chi connectivity index (χ3v) is 7.77. The topological polar surface area (TPSA) is 46.2 Å². The van der Waals surface area contributed by atoms with Crippen LogP contribution in [0.3, 0.4) is 0 Å². The number of hydrogen-bond donors (Lipinski definition) is 0. The summed E-state index contributed by atoms with van der Waals surface area (Å²) in [5.74, 6) is 0.806. The van der Waals surface area contributed by atoms with E-state index in [0.717, 1.165) is 23.1 Å². The summed E-state index contributed by atoms with van der Waals surface area (Å²) in [6, 6.07) is 6.14. The molecular formula is C26H44B2O5. The van der Waals surface area contributed by atoms with Gasteiger partial charge < -0.3 is 23.4 Å². The first-order chi connectivity index (χ1) is 15.3. The summed E-state index contributed by atoms with van der Waals surface area (Å²) < 4.78 is 31.5. The van der Waals surface area contributed by atoms with Gasteiger partial charge in [0.25, 0.3) is 0 Å². The van der Waals surface area contributed by atoms with Gasteiger partial charge in [-0.2, -0.15) is 0 Å². The fraction of sp³-hybridized carbons (Fsp3) is 0.769. The van der Waals surface area contributed by atoms with Crippen molar-refractivity contribution in [1.29, 1.82) is 0 Å². The number of unbranched alkanes of at least 4 members (excludes halogenated alkanes) is 5. The van der Waals surface area contributed by atoms with E-state index in [1.54, 1.807) is 0 Å². The van der Waals surface area contributed by atoms with E-state index in [-0.39, 0.29) is 0 Å². The molecule has 3 rings (SSSR count). The van der Waals surface area contributed by atoms with Gasteiger partial charge in [0, 0.05) is 0 Å². The lowest BCUT2D eigenvalue weighted by molar-refractivity contribution is 0.00578. The maximum Gasteiger partial charge on any atom is 0.494 e. The van der Waals surface area contributed by atoms with Gasteiger partial charge in [-0.3, -0.25) is 0 Å². The van der Waals surface area contributed by atoms with Crippen LogP contribution in [0.1, 0.15) is 101 Å². The van der Waals surface area contributed by atoms with Crippen LogP contribution >= 0.6 is 0 Å². The zero-order chi connectivity index (χ0) is 24.5. The predicted molar refractivity (Wildman–Crippen MR) is 137 cm³/mol. The van der Waals surface area contributed by atoms with Crippen LogP contribution < -0.4 is 15.7 Å². The quantitative estimate of drug-likeness (QED) is 0.364. The van der Waals surface area contributed by atoms with Gasteiger partial charge in [-0.05, 0) is 84.9 Å². The Bertz CT molecular complexity index is 720. The molecule has 5 nitrogen and oxygen atoms in total. The van der Waals surface area contributed by atoms with Gasteiger partial charge in [0.15, 0.2) is 0 Å². The molecule has 7 heteroatoms. The summed E-state index contributed by atoms with van der Waals surface area (Å²) in [5.41, 5.74) is 0.238. The highest BCUT2D eigenvalue weighted by Gasteiger charge is 2.54. The average molecular weight is 458 g/mol. The van der Waals surface area contributed by atoms with Crippen LogP contribution in [-0.2, 0) is 18.6 Å². The first-order valence-corrected chi connectivity index (χ1v) is 12.8. The third kappa shape index (κ3) is 5.98. The lowest BCUT2D eigenvalue weighted by Crippen LogP contribution is -2.41. The first kappa shape index (κ1) is 26.6.